The largest absolute Gasteiger partial charge is 0.490 e. The molecule has 0 spiro atoms. The molecule has 0 radical (unpaired) electrons. The van der Waals surface area contributed by atoms with Crippen molar-refractivity contribution in [2.75, 3.05) is 0 Å². The van der Waals surface area contributed by atoms with E-state index >= 15 is 0 Å². The molecule has 1 atom stereocenters. The number of ether oxygens (including phenoxy) is 1. The fourth-order valence-corrected chi connectivity index (χ4v) is 2.86. The number of carbonyl (C=O) groups is 1. The van der Waals surface area contributed by atoms with Crippen molar-refractivity contribution in [3.8, 4) is 5.75 Å². The normalized spacial score (nSPS) is 16.4. The number of benzene rings is 2. The minimum atomic E-state index is 0.172. The van der Waals surface area contributed by atoms with Gasteiger partial charge in [-0.3, -0.25) is 4.79 Å². The summed E-state index contributed by atoms with van der Waals surface area (Å²) in [4.78, 5) is 12.5. The van der Waals surface area contributed by atoms with Gasteiger partial charge in [-0.05, 0) is 55.7 Å². The van der Waals surface area contributed by atoms with Gasteiger partial charge in [-0.1, -0.05) is 23.8 Å². The molecule has 1 aliphatic heterocycles. The van der Waals surface area contributed by atoms with Gasteiger partial charge in [0.15, 0.2) is 5.78 Å². The zero-order valence-corrected chi connectivity index (χ0v) is 12.8. The van der Waals surface area contributed by atoms with E-state index in [1.54, 1.807) is 0 Å². The number of ketones is 1. The Bertz CT molecular complexity index is 701. The lowest BCUT2D eigenvalue weighted by Crippen LogP contribution is -2.06. The van der Waals surface area contributed by atoms with E-state index in [2.05, 4.69) is 39.0 Å². The van der Waals surface area contributed by atoms with E-state index in [0.29, 0.717) is 6.42 Å². The van der Waals surface area contributed by atoms with Crippen molar-refractivity contribution in [1.29, 1.82) is 0 Å². The van der Waals surface area contributed by atoms with Crippen LogP contribution in [0.5, 0.6) is 5.75 Å². The van der Waals surface area contributed by atoms with Crippen molar-refractivity contribution in [2.24, 2.45) is 0 Å². The predicted octanol–water partition coefficient (Wildman–Crippen LogP) is 4.05. The highest BCUT2D eigenvalue weighted by atomic mass is 16.5. The Morgan fingerprint density at radius 2 is 2.00 bits per heavy atom. The number of Topliss-reactive ketones (excluding diaryl/α,β-unsaturated/α-hetero) is 1. The smallest absolute Gasteiger partial charge is 0.167 e. The van der Waals surface area contributed by atoms with Crippen molar-refractivity contribution >= 4 is 5.78 Å². The number of carbonyl (C=O) groups excluding carboxylic acids is 1. The lowest BCUT2D eigenvalue weighted by molar-refractivity contribution is 0.0992. The van der Waals surface area contributed by atoms with Crippen LogP contribution in [0.4, 0.5) is 0 Å². The average molecular weight is 280 g/mol. The summed E-state index contributed by atoms with van der Waals surface area (Å²) < 4.78 is 5.68. The summed E-state index contributed by atoms with van der Waals surface area (Å²) in [5, 5.41) is 0. The average Bonchev–Trinajstić information content (AvgIpc) is 2.81. The second kappa shape index (κ2) is 5.36. The maximum absolute atomic E-state index is 12.5. The highest BCUT2D eigenvalue weighted by Crippen LogP contribution is 2.29. The van der Waals surface area contributed by atoms with Gasteiger partial charge in [-0.15, -0.1) is 0 Å². The molecular weight excluding hydrogens is 260 g/mol. The molecule has 0 saturated carbocycles. The Labute approximate surface area is 125 Å². The van der Waals surface area contributed by atoms with E-state index < -0.39 is 0 Å². The lowest BCUT2D eigenvalue weighted by atomic mass is 9.96. The Morgan fingerprint density at radius 3 is 2.81 bits per heavy atom. The van der Waals surface area contributed by atoms with Gasteiger partial charge in [0.05, 0.1) is 0 Å². The number of hydrogen-bond donors (Lipinski definition) is 0. The van der Waals surface area contributed by atoms with E-state index in [1.807, 2.05) is 18.2 Å². The van der Waals surface area contributed by atoms with Gasteiger partial charge in [0.2, 0.25) is 0 Å². The van der Waals surface area contributed by atoms with Gasteiger partial charge < -0.3 is 4.74 Å². The molecule has 0 fully saturated rings. The second-order valence-electron chi connectivity index (χ2n) is 5.98. The van der Waals surface area contributed by atoms with Crippen LogP contribution in [0.2, 0.25) is 0 Å². The standard InChI is InChI=1S/C19H20O2/c1-12-4-5-13(2)16(8-12)11-18(20)15-6-7-19-17(10-15)9-14(3)21-19/h4-8,10,14H,9,11H2,1-3H3. The van der Waals surface area contributed by atoms with Crippen molar-refractivity contribution in [2.45, 2.75) is 39.7 Å². The second-order valence-corrected chi connectivity index (χ2v) is 5.98. The number of aryl methyl sites for hydroxylation is 2. The van der Waals surface area contributed by atoms with Gasteiger partial charge >= 0.3 is 0 Å². The number of fused-ring (bicyclic) bond motifs is 1. The Kier molecular flexibility index (Phi) is 3.54. The fourth-order valence-electron chi connectivity index (χ4n) is 2.86. The SMILES string of the molecule is Cc1ccc(C)c(CC(=O)c2ccc3c(c2)CC(C)O3)c1. The monoisotopic (exact) mass is 280 g/mol. The number of rotatable bonds is 3. The number of hydrogen-bond acceptors (Lipinski definition) is 2. The molecule has 0 N–H and O–H groups in total. The first-order chi connectivity index (χ1) is 10.0. The molecule has 2 heteroatoms. The van der Waals surface area contributed by atoms with Crippen LogP contribution in [-0.2, 0) is 12.8 Å². The van der Waals surface area contributed by atoms with Crippen LogP contribution in [0.3, 0.4) is 0 Å². The molecular formula is C19H20O2. The third-order valence-electron chi connectivity index (χ3n) is 4.07. The van der Waals surface area contributed by atoms with Crippen LogP contribution in [-0.4, -0.2) is 11.9 Å². The highest BCUT2D eigenvalue weighted by Gasteiger charge is 2.20. The molecule has 3 rings (SSSR count). The molecule has 2 aromatic rings. The molecule has 0 saturated heterocycles. The first kappa shape index (κ1) is 13.9. The Balaban J connectivity index is 1.83. The molecule has 0 amide bonds. The lowest BCUT2D eigenvalue weighted by Gasteiger charge is -2.07. The van der Waals surface area contributed by atoms with Crippen LogP contribution in [0.15, 0.2) is 36.4 Å². The van der Waals surface area contributed by atoms with E-state index in [0.717, 1.165) is 28.9 Å². The molecule has 2 nitrogen and oxygen atoms in total. The molecule has 0 aromatic heterocycles. The van der Waals surface area contributed by atoms with E-state index in [4.69, 9.17) is 4.74 Å². The molecule has 0 bridgehead atoms. The quantitative estimate of drug-likeness (QED) is 0.793. The third-order valence-corrected chi connectivity index (χ3v) is 4.07. The van der Waals surface area contributed by atoms with E-state index in [9.17, 15) is 4.79 Å². The topological polar surface area (TPSA) is 26.3 Å². The van der Waals surface area contributed by atoms with Crippen LogP contribution in [0, 0.1) is 13.8 Å². The van der Waals surface area contributed by atoms with Crippen molar-refractivity contribution in [1.82, 2.24) is 0 Å². The summed E-state index contributed by atoms with van der Waals surface area (Å²) in [5.74, 6) is 1.09. The fraction of sp³-hybridized carbons (Fsp3) is 0.316. The molecule has 0 aliphatic carbocycles. The summed E-state index contributed by atoms with van der Waals surface area (Å²) in [5.41, 5.74) is 5.42. The zero-order valence-electron chi connectivity index (χ0n) is 12.8. The van der Waals surface area contributed by atoms with Gasteiger partial charge in [0, 0.05) is 18.4 Å². The Morgan fingerprint density at radius 1 is 1.19 bits per heavy atom. The van der Waals surface area contributed by atoms with Crippen LogP contribution < -0.4 is 4.74 Å². The van der Waals surface area contributed by atoms with Crippen molar-refractivity contribution < 1.29 is 9.53 Å². The molecule has 21 heavy (non-hydrogen) atoms. The van der Waals surface area contributed by atoms with Crippen LogP contribution in [0.25, 0.3) is 0 Å². The van der Waals surface area contributed by atoms with Gasteiger partial charge in [0.1, 0.15) is 11.9 Å². The predicted molar refractivity (Wildman–Crippen MR) is 84.2 cm³/mol. The molecule has 1 heterocycles. The molecule has 1 unspecified atom stereocenters. The Hall–Kier alpha value is -2.09. The van der Waals surface area contributed by atoms with Gasteiger partial charge in [0.25, 0.3) is 0 Å². The highest BCUT2D eigenvalue weighted by molar-refractivity contribution is 5.98. The van der Waals surface area contributed by atoms with E-state index in [1.165, 1.54) is 11.1 Å². The minimum Gasteiger partial charge on any atom is -0.490 e. The summed E-state index contributed by atoms with van der Waals surface area (Å²) in [6.45, 7) is 6.17. The molecule has 108 valence electrons. The van der Waals surface area contributed by atoms with Crippen molar-refractivity contribution in [3.63, 3.8) is 0 Å². The molecule has 2 aromatic carbocycles. The first-order valence-electron chi connectivity index (χ1n) is 7.42. The minimum absolute atomic E-state index is 0.172. The van der Waals surface area contributed by atoms with Gasteiger partial charge in [-0.25, -0.2) is 0 Å². The maximum Gasteiger partial charge on any atom is 0.167 e. The summed E-state index contributed by atoms with van der Waals surface area (Å²) >= 11 is 0. The van der Waals surface area contributed by atoms with Crippen molar-refractivity contribution in [3.05, 3.63) is 64.2 Å². The first-order valence-corrected chi connectivity index (χ1v) is 7.42. The summed E-state index contributed by atoms with van der Waals surface area (Å²) in [7, 11) is 0. The van der Waals surface area contributed by atoms with E-state index in [-0.39, 0.29) is 11.9 Å². The third kappa shape index (κ3) is 2.85. The van der Waals surface area contributed by atoms with Gasteiger partial charge in [-0.2, -0.15) is 0 Å². The molecule has 1 aliphatic rings. The van der Waals surface area contributed by atoms with Crippen LogP contribution in [0.1, 0.15) is 39.5 Å². The van der Waals surface area contributed by atoms with Crippen LogP contribution >= 0.6 is 0 Å². The maximum atomic E-state index is 12.5. The zero-order chi connectivity index (χ0) is 15.0. The summed E-state index contributed by atoms with van der Waals surface area (Å²) in [6, 6.07) is 12.1. The summed E-state index contributed by atoms with van der Waals surface area (Å²) in [6.07, 6.45) is 1.56.